The number of hydrogen-bond donors (Lipinski definition) is 1. The molecule has 8 nitrogen and oxygen atoms in total. The molecule has 20 heavy (non-hydrogen) atoms. The molecule has 0 radical (unpaired) electrons. The van der Waals surface area contributed by atoms with E-state index >= 15 is 0 Å². The first-order chi connectivity index (χ1) is 9.52. The molecule has 0 aliphatic carbocycles. The normalized spacial score (nSPS) is 10.8. The fourth-order valence-corrected chi connectivity index (χ4v) is 2.01. The smallest absolute Gasteiger partial charge is 0.333 e. The summed E-state index contributed by atoms with van der Waals surface area (Å²) in [6.07, 6.45) is 0.842. The minimum atomic E-state index is -0.414. The first kappa shape index (κ1) is 14.0. The monoisotopic (exact) mass is 279 g/mol. The maximum Gasteiger partial charge on any atom is 0.333 e. The van der Waals surface area contributed by atoms with Gasteiger partial charge in [-0.2, -0.15) is 5.10 Å². The van der Waals surface area contributed by atoms with E-state index < -0.39 is 4.92 Å². The van der Waals surface area contributed by atoms with Gasteiger partial charge in [-0.1, -0.05) is 12.1 Å². The molecule has 0 bridgehead atoms. The average Bonchev–Trinajstić information content (AvgIpc) is 2.91. The highest BCUT2D eigenvalue weighted by molar-refractivity contribution is 5.59. The quantitative estimate of drug-likeness (QED) is 0.644. The van der Waals surface area contributed by atoms with Gasteiger partial charge in [-0.15, -0.1) is 0 Å². The lowest BCUT2D eigenvalue weighted by Crippen LogP contribution is -2.08. The molecule has 108 valence electrons. The van der Waals surface area contributed by atoms with Gasteiger partial charge in [0.05, 0.1) is 17.2 Å². The molecule has 0 aliphatic heterocycles. The highest BCUT2D eigenvalue weighted by atomic mass is 16.6. The largest absolute Gasteiger partial charge is 0.359 e. The second-order valence-electron chi connectivity index (χ2n) is 4.55. The summed E-state index contributed by atoms with van der Waals surface area (Å²) in [5, 5.41) is 22.2. The Labute approximate surface area is 115 Å². The molecule has 0 saturated carbocycles. The van der Waals surface area contributed by atoms with Crippen molar-refractivity contribution in [2.45, 2.75) is 40.3 Å². The number of anilines is 1. The first-order valence-corrected chi connectivity index (χ1v) is 6.40. The summed E-state index contributed by atoms with van der Waals surface area (Å²) >= 11 is 0. The van der Waals surface area contributed by atoms with Crippen LogP contribution < -0.4 is 5.32 Å². The topological polar surface area (TPSA) is 99.0 Å². The molecule has 2 heterocycles. The SMILES string of the molecule is CCCn1nc(C)c([N+](=O)[O-])c1NCc1cc(C)no1. The van der Waals surface area contributed by atoms with Gasteiger partial charge in [0.1, 0.15) is 5.69 Å². The van der Waals surface area contributed by atoms with Gasteiger partial charge in [-0.25, -0.2) is 4.68 Å². The van der Waals surface area contributed by atoms with Gasteiger partial charge in [0.15, 0.2) is 5.76 Å². The van der Waals surface area contributed by atoms with Crippen molar-refractivity contribution in [1.82, 2.24) is 14.9 Å². The van der Waals surface area contributed by atoms with Gasteiger partial charge in [0.2, 0.25) is 5.82 Å². The van der Waals surface area contributed by atoms with Gasteiger partial charge >= 0.3 is 5.69 Å². The van der Waals surface area contributed by atoms with Crippen molar-refractivity contribution in [1.29, 1.82) is 0 Å². The molecule has 0 aromatic carbocycles. The van der Waals surface area contributed by atoms with Gasteiger partial charge in [0, 0.05) is 12.6 Å². The number of nitrogens with one attached hydrogen (secondary N) is 1. The Balaban J connectivity index is 2.25. The summed E-state index contributed by atoms with van der Waals surface area (Å²) < 4.78 is 6.70. The van der Waals surface area contributed by atoms with Crippen LogP contribution in [0.1, 0.15) is 30.5 Å². The average molecular weight is 279 g/mol. The van der Waals surface area contributed by atoms with E-state index in [1.807, 2.05) is 13.8 Å². The van der Waals surface area contributed by atoms with Crippen LogP contribution in [0.25, 0.3) is 0 Å². The number of hydrogen-bond acceptors (Lipinski definition) is 6. The lowest BCUT2D eigenvalue weighted by Gasteiger charge is -2.06. The van der Waals surface area contributed by atoms with E-state index in [2.05, 4.69) is 15.6 Å². The van der Waals surface area contributed by atoms with Crippen LogP contribution in [0.5, 0.6) is 0 Å². The van der Waals surface area contributed by atoms with Crippen molar-refractivity contribution in [3.63, 3.8) is 0 Å². The molecule has 0 atom stereocenters. The molecule has 0 saturated heterocycles. The Morgan fingerprint density at radius 2 is 2.25 bits per heavy atom. The van der Waals surface area contributed by atoms with Crippen molar-refractivity contribution in [2.24, 2.45) is 0 Å². The number of rotatable bonds is 6. The van der Waals surface area contributed by atoms with Crippen molar-refractivity contribution in [3.05, 3.63) is 33.3 Å². The Morgan fingerprint density at radius 3 is 2.80 bits per heavy atom. The third-order valence-electron chi connectivity index (χ3n) is 2.82. The minimum absolute atomic E-state index is 0.00897. The summed E-state index contributed by atoms with van der Waals surface area (Å²) in [6.45, 7) is 6.39. The first-order valence-electron chi connectivity index (χ1n) is 6.40. The van der Waals surface area contributed by atoms with Gasteiger partial charge in [-0.3, -0.25) is 10.1 Å². The van der Waals surface area contributed by atoms with E-state index in [1.54, 1.807) is 17.7 Å². The van der Waals surface area contributed by atoms with Crippen LogP contribution in [0.15, 0.2) is 10.6 Å². The highest BCUT2D eigenvalue weighted by Crippen LogP contribution is 2.28. The third-order valence-corrected chi connectivity index (χ3v) is 2.82. The fourth-order valence-electron chi connectivity index (χ4n) is 2.01. The summed E-state index contributed by atoms with van der Waals surface area (Å²) in [5.41, 5.74) is 1.18. The van der Waals surface area contributed by atoms with Crippen LogP contribution in [-0.4, -0.2) is 19.9 Å². The van der Waals surface area contributed by atoms with Crippen LogP contribution in [0.2, 0.25) is 0 Å². The van der Waals surface area contributed by atoms with Crippen LogP contribution in [-0.2, 0) is 13.1 Å². The lowest BCUT2D eigenvalue weighted by atomic mass is 10.3. The van der Waals surface area contributed by atoms with E-state index in [1.165, 1.54) is 0 Å². The van der Waals surface area contributed by atoms with Crippen LogP contribution in [0, 0.1) is 24.0 Å². The lowest BCUT2D eigenvalue weighted by molar-refractivity contribution is -0.384. The second-order valence-corrected chi connectivity index (χ2v) is 4.55. The fraction of sp³-hybridized carbons (Fsp3) is 0.500. The highest BCUT2D eigenvalue weighted by Gasteiger charge is 2.25. The molecule has 2 rings (SSSR count). The predicted octanol–water partition coefficient (Wildman–Crippen LogP) is 2.42. The zero-order valence-corrected chi connectivity index (χ0v) is 11.7. The molecule has 1 N–H and O–H groups in total. The zero-order valence-electron chi connectivity index (χ0n) is 11.7. The van der Waals surface area contributed by atoms with Gasteiger partial charge in [0.25, 0.3) is 0 Å². The molecule has 0 aliphatic rings. The zero-order chi connectivity index (χ0) is 14.7. The third kappa shape index (κ3) is 2.79. The molecule has 0 unspecified atom stereocenters. The van der Waals surface area contributed by atoms with Crippen LogP contribution >= 0.6 is 0 Å². The molecule has 2 aromatic rings. The van der Waals surface area contributed by atoms with E-state index in [0.717, 1.165) is 12.1 Å². The number of nitrogens with zero attached hydrogens (tertiary/aromatic N) is 4. The van der Waals surface area contributed by atoms with Crippen molar-refractivity contribution in [2.75, 3.05) is 5.32 Å². The second kappa shape index (κ2) is 5.72. The Bertz CT molecular complexity index is 617. The van der Waals surface area contributed by atoms with E-state index in [-0.39, 0.29) is 5.69 Å². The van der Waals surface area contributed by atoms with Crippen molar-refractivity contribution >= 4 is 11.5 Å². The minimum Gasteiger partial charge on any atom is -0.359 e. The van der Waals surface area contributed by atoms with Gasteiger partial charge < -0.3 is 9.84 Å². The molecule has 0 amide bonds. The number of nitro groups is 1. The van der Waals surface area contributed by atoms with Gasteiger partial charge in [-0.05, 0) is 20.3 Å². The molecule has 0 fully saturated rings. The Hall–Kier alpha value is -2.38. The maximum atomic E-state index is 11.2. The van der Waals surface area contributed by atoms with Crippen molar-refractivity contribution < 1.29 is 9.45 Å². The van der Waals surface area contributed by atoms with Crippen LogP contribution in [0.4, 0.5) is 11.5 Å². The molecule has 0 spiro atoms. The summed E-state index contributed by atoms with van der Waals surface area (Å²) in [6, 6.07) is 1.78. The molecular formula is C12H17N5O3. The van der Waals surface area contributed by atoms with Crippen molar-refractivity contribution in [3.8, 4) is 0 Å². The van der Waals surface area contributed by atoms with E-state index in [9.17, 15) is 10.1 Å². The van der Waals surface area contributed by atoms with Crippen LogP contribution in [0.3, 0.4) is 0 Å². The Morgan fingerprint density at radius 1 is 1.50 bits per heavy atom. The molecule has 8 heteroatoms. The predicted molar refractivity (Wildman–Crippen MR) is 72.5 cm³/mol. The molecular weight excluding hydrogens is 262 g/mol. The standard InChI is InChI=1S/C12H17N5O3/c1-4-5-16-12(11(17(18)19)9(3)14-16)13-7-10-6-8(2)15-20-10/h6,13H,4-5,7H2,1-3H3. The van der Waals surface area contributed by atoms with E-state index in [4.69, 9.17) is 4.52 Å². The molecule has 2 aromatic heterocycles. The number of aromatic nitrogens is 3. The summed E-state index contributed by atoms with van der Waals surface area (Å²) in [5.74, 6) is 1.03. The summed E-state index contributed by atoms with van der Waals surface area (Å²) in [4.78, 5) is 10.7. The summed E-state index contributed by atoms with van der Waals surface area (Å²) in [7, 11) is 0. The Kier molecular flexibility index (Phi) is 4.02. The van der Waals surface area contributed by atoms with E-state index in [0.29, 0.717) is 30.4 Å². The number of aryl methyl sites for hydroxylation is 3. The maximum absolute atomic E-state index is 11.2.